The molecule has 1 saturated carbocycles. The van der Waals surface area contributed by atoms with E-state index in [2.05, 4.69) is 36.2 Å². The SMILES string of the molecule is CCCC1CCC(N)C(c2cccc3ccncc23)C1. The summed E-state index contributed by atoms with van der Waals surface area (Å²) >= 11 is 0. The fraction of sp³-hybridized carbons (Fsp3) is 0.500. The average Bonchev–Trinajstić information content (AvgIpc) is 2.49. The second kappa shape index (κ2) is 5.92. The van der Waals surface area contributed by atoms with Crippen LogP contribution in [0.5, 0.6) is 0 Å². The molecule has 1 aromatic carbocycles. The van der Waals surface area contributed by atoms with Crippen molar-refractivity contribution in [3.8, 4) is 0 Å². The molecule has 0 saturated heterocycles. The molecule has 1 fully saturated rings. The monoisotopic (exact) mass is 268 g/mol. The molecule has 2 nitrogen and oxygen atoms in total. The van der Waals surface area contributed by atoms with Crippen molar-refractivity contribution < 1.29 is 0 Å². The molecule has 106 valence electrons. The number of aromatic nitrogens is 1. The number of nitrogens with two attached hydrogens (primary N) is 1. The van der Waals surface area contributed by atoms with Gasteiger partial charge in [-0.05, 0) is 48.1 Å². The lowest BCUT2D eigenvalue weighted by Crippen LogP contribution is -2.34. The minimum absolute atomic E-state index is 0.300. The fourth-order valence-electron chi connectivity index (χ4n) is 3.77. The minimum Gasteiger partial charge on any atom is -0.327 e. The molecule has 0 spiro atoms. The third kappa shape index (κ3) is 2.57. The van der Waals surface area contributed by atoms with Gasteiger partial charge in [0.15, 0.2) is 0 Å². The van der Waals surface area contributed by atoms with Crippen LogP contribution in [0.25, 0.3) is 10.8 Å². The standard InChI is InChI=1S/C18H24N2/c1-2-4-13-7-8-18(19)16(11-13)15-6-3-5-14-9-10-20-12-17(14)15/h3,5-6,9-10,12-13,16,18H,2,4,7-8,11,19H2,1H3. The molecule has 2 N–H and O–H groups in total. The van der Waals surface area contributed by atoms with Crippen molar-refractivity contribution >= 4 is 10.8 Å². The minimum atomic E-state index is 0.300. The van der Waals surface area contributed by atoms with Gasteiger partial charge in [-0.25, -0.2) is 0 Å². The van der Waals surface area contributed by atoms with Crippen molar-refractivity contribution in [2.24, 2.45) is 11.7 Å². The lowest BCUT2D eigenvalue weighted by Gasteiger charge is -2.35. The number of pyridine rings is 1. The van der Waals surface area contributed by atoms with Gasteiger partial charge >= 0.3 is 0 Å². The summed E-state index contributed by atoms with van der Waals surface area (Å²) in [5, 5.41) is 2.56. The Hall–Kier alpha value is -1.41. The predicted molar refractivity (Wildman–Crippen MR) is 84.7 cm³/mol. The van der Waals surface area contributed by atoms with Crippen LogP contribution in [0, 0.1) is 5.92 Å². The van der Waals surface area contributed by atoms with Crippen LogP contribution in [0.15, 0.2) is 36.7 Å². The molecule has 2 aromatic rings. The van der Waals surface area contributed by atoms with Crippen LogP contribution in [0.4, 0.5) is 0 Å². The van der Waals surface area contributed by atoms with Crippen LogP contribution < -0.4 is 5.73 Å². The van der Waals surface area contributed by atoms with Gasteiger partial charge in [0.2, 0.25) is 0 Å². The summed E-state index contributed by atoms with van der Waals surface area (Å²) in [5.74, 6) is 1.34. The number of rotatable bonds is 3. The van der Waals surface area contributed by atoms with Crippen molar-refractivity contribution in [1.29, 1.82) is 0 Å². The second-order valence-corrected chi connectivity index (χ2v) is 6.18. The summed E-state index contributed by atoms with van der Waals surface area (Å²) in [6.07, 6.45) is 10.2. The van der Waals surface area contributed by atoms with Crippen molar-refractivity contribution in [3.63, 3.8) is 0 Å². The van der Waals surface area contributed by atoms with Gasteiger partial charge < -0.3 is 5.73 Å². The van der Waals surface area contributed by atoms with E-state index in [-0.39, 0.29) is 0 Å². The van der Waals surface area contributed by atoms with Crippen LogP contribution in [-0.2, 0) is 0 Å². The Bertz CT molecular complexity index is 573. The van der Waals surface area contributed by atoms with E-state index < -0.39 is 0 Å². The van der Waals surface area contributed by atoms with Gasteiger partial charge in [-0.3, -0.25) is 4.98 Å². The highest BCUT2D eigenvalue weighted by molar-refractivity contribution is 5.85. The van der Waals surface area contributed by atoms with E-state index in [0.717, 1.165) is 12.3 Å². The molecule has 3 rings (SSSR count). The van der Waals surface area contributed by atoms with Gasteiger partial charge in [-0.1, -0.05) is 38.0 Å². The first-order valence-electron chi connectivity index (χ1n) is 7.87. The third-order valence-corrected chi connectivity index (χ3v) is 4.83. The molecule has 1 heterocycles. The van der Waals surface area contributed by atoms with Crippen molar-refractivity contribution in [2.45, 2.75) is 51.0 Å². The molecule has 2 heteroatoms. The number of hydrogen-bond donors (Lipinski definition) is 1. The molecule has 3 unspecified atom stereocenters. The van der Waals surface area contributed by atoms with Gasteiger partial charge in [-0.2, -0.15) is 0 Å². The first kappa shape index (κ1) is 13.6. The maximum Gasteiger partial charge on any atom is 0.0349 e. The van der Waals surface area contributed by atoms with Gasteiger partial charge in [0.25, 0.3) is 0 Å². The quantitative estimate of drug-likeness (QED) is 0.904. The average molecular weight is 268 g/mol. The van der Waals surface area contributed by atoms with E-state index in [0.29, 0.717) is 12.0 Å². The van der Waals surface area contributed by atoms with Gasteiger partial charge in [0, 0.05) is 23.8 Å². The second-order valence-electron chi connectivity index (χ2n) is 6.18. The largest absolute Gasteiger partial charge is 0.327 e. The Balaban J connectivity index is 1.96. The molecule has 0 radical (unpaired) electrons. The zero-order chi connectivity index (χ0) is 13.9. The highest BCUT2D eigenvalue weighted by Crippen LogP contribution is 2.39. The number of nitrogens with zero attached hydrogens (tertiary/aromatic N) is 1. The molecule has 1 aromatic heterocycles. The Morgan fingerprint density at radius 1 is 1.25 bits per heavy atom. The van der Waals surface area contributed by atoms with Crippen LogP contribution in [0.1, 0.15) is 50.5 Å². The predicted octanol–water partition coefficient (Wildman–Crippen LogP) is 4.25. The number of hydrogen-bond acceptors (Lipinski definition) is 2. The molecular formula is C18H24N2. The van der Waals surface area contributed by atoms with Crippen LogP contribution in [0.2, 0.25) is 0 Å². The van der Waals surface area contributed by atoms with Crippen LogP contribution >= 0.6 is 0 Å². The van der Waals surface area contributed by atoms with Crippen LogP contribution in [0.3, 0.4) is 0 Å². The summed E-state index contributed by atoms with van der Waals surface area (Å²) in [4.78, 5) is 4.31. The molecule has 0 aliphatic heterocycles. The number of fused-ring (bicyclic) bond motifs is 1. The van der Waals surface area contributed by atoms with E-state index in [1.807, 2.05) is 12.4 Å². The maximum absolute atomic E-state index is 6.44. The van der Waals surface area contributed by atoms with Crippen molar-refractivity contribution in [3.05, 3.63) is 42.2 Å². The van der Waals surface area contributed by atoms with Gasteiger partial charge in [0.05, 0.1) is 0 Å². The lowest BCUT2D eigenvalue weighted by molar-refractivity contribution is 0.275. The van der Waals surface area contributed by atoms with E-state index in [1.54, 1.807) is 0 Å². The van der Waals surface area contributed by atoms with E-state index >= 15 is 0 Å². The third-order valence-electron chi connectivity index (χ3n) is 4.83. The van der Waals surface area contributed by atoms with E-state index in [1.165, 1.54) is 42.0 Å². The Kier molecular flexibility index (Phi) is 4.02. The van der Waals surface area contributed by atoms with Gasteiger partial charge in [-0.15, -0.1) is 0 Å². The normalized spacial score (nSPS) is 26.8. The van der Waals surface area contributed by atoms with E-state index in [9.17, 15) is 0 Å². The Morgan fingerprint density at radius 3 is 3.00 bits per heavy atom. The molecule has 1 aliphatic rings. The highest BCUT2D eigenvalue weighted by Gasteiger charge is 2.29. The zero-order valence-electron chi connectivity index (χ0n) is 12.3. The van der Waals surface area contributed by atoms with E-state index in [4.69, 9.17) is 5.73 Å². The maximum atomic E-state index is 6.44. The smallest absolute Gasteiger partial charge is 0.0349 e. The Morgan fingerprint density at radius 2 is 2.15 bits per heavy atom. The molecular weight excluding hydrogens is 244 g/mol. The summed E-state index contributed by atoms with van der Waals surface area (Å²) < 4.78 is 0. The first-order chi connectivity index (χ1) is 9.79. The van der Waals surface area contributed by atoms with Crippen molar-refractivity contribution in [2.75, 3.05) is 0 Å². The Labute approximate surface area is 121 Å². The zero-order valence-corrected chi connectivity index (χ0v) is 12.3. The molecule has 3 atom stereocenters. The number of benzene rings is 1. The lowest BCUT2D eigenvalue weighted by atomic mass is 9.73. The molecule has 0 amide bonds. The first-order valence-corrected chi connectivity index (χ1v) is 7.87. The van der Waals surface area contributed by atoms with Gasteiger partial charge in [0.1, 0.15) is 0 Å². The molecule has 1 aliphatic carbocycles. The summed E-state index contributed by atoms with van der Waals surface area (Å²) in [6, 6.07) is 8.97. The highest BCUT2D eigenvalue weighted by atomic mass is 14.7. The topological polar surface area (TPSA) is 38.9 Å². The summed E-state index contributed by atoms with van der Waals surface area (Å²) in [5.41, 5.74) is 7.85. The molecule has 0 bridgehead atoms. The summed E-state index contributed by atoms with van der Waals surface area (Å²) in [7, 11) is 0. The van der Waals surface area contributed by atoms with Crippen molar-refractivity contribution in [1.82, 2.24) is 4.98 Å². The summed E-state index contributed by atoms with van der Waals surface area (Å²) in [6.45, 7) is 2.28. The molecule has 20 heavy (non-hydrogen) atoms. The fourth-order valence-corrected chi connectivity index (χ4v) is 3.77. The van der Waals surface area contributed by atoms with Crippen LogP contribution in [-0.4, -0.2) is 11.0 Å².